The summed E-state index contributed by atoms with van der Waals surface area (Å²) < 4.78 is 4.68. The van der Waals surface area contributed by atoms with Gasteiger partial charge in [0, 0.05) is 6.42 Å². The zero-order chi connectivity index (χ0) is 12.0. The third-order valence-electron chi connectivity index (χ3n) is 2.11. The van der Waals surface area contributed by atoms with Gasteiger partial charge < -0.3 is 10.5 Å². The van der Waals surface area contributed by atoms with E-state index in [1.54, 1.807) is 6.92 Å². The zero-order valence-corrected chi connectivity index (χ0v) is 9.18. The molecule has 2 N–H and O–H groups in total. The maximum absolute atomic E-state index is 11.6. The molecule has 0 heterocycles. The Balaban J connectivity index is 2.56. The molecule has 1 aromatic carbocycles. The van der Waals surface area contributed by atoms with Crippen LogP contribution in [-0.2, 0) is 20.7 Å². The molecule has 0 unspecified atom stereocenters. The second-order valence-electron chi connectivity index (χ2n) is 3.36. The molecule has 0 bridgehead atoms. The van der Waals surface area contributed by atoms with E-state index in [-0.39, 0.29) is 18.8 Å². The second-order valence-corrected chi connectivity index (χ2v) is 3.36. The van der Waals surface area contributed by atoms with Crippen LogP contribution in [0.15, 0.2) is 30.3 Å². The van der Waals surface area contributed by atoms with Crippen LogP contribution in [0.4, 0.5) is 0 Å². The van der Waals surface area contributed by atoms with Crippen molar-refractivity contribution in [3.05, 3.63) is 35.9 Å². The van der Waals surface area contributed by atoms with Gasteiger partial charge in [-0.1, -0.05) is 30.3 Å². The first-order valence-electron chi connectivity index (χ1n) is 5.14. The number of rotatable bonds is 5. The van der Waals surface area contributed by atoms with E-state index < -0.39 is 12.0 Å². The van der Waals surface area contributed by atoms with Gasteiger partial charge in [0.15, 0.2) is 11.8 Å². The molecule has 4 nitrogen and oxygen atoms in total. The summed E-state index contributed by atoms with van der Waals surface area (Å²) in [7, 11) is 0. The van der Waals surface area contributed by atoms with Crippen molar-refractivity contribution in [2.75, 3.05) is 6.61 Å². The van der Waals surface area contributed by atoms with Crippen molar-refractivity contribution in [1.29, 1.82) is 0 Å². The maximum Gasteiger partial charge on any atom is 0.330 e. The van der Waals surface area contributed by atoms with Crippen molar-refractivity contribution in [3.8, 4) is 0 Å². The Labute approximate surface area is 94.4 Å². The van der Waals surface area contributed by atoms with Gasteiger partial charge in [-0.05, 0) is 12.5 Å². The number of ether oxygens (including phenoxy) is 1. The largest absolute Gasteiger partial charge is 0.464 e. The molecule has 0 aliphatic carbocycles. The maximum atomic E-state index is 11.6. The first kappa shape index (κ1) is 12.4. The van der Waals surface area contributed by atoms with Crippen molar-refractivity contribution in [3.63, 3.8) is 0 Å². The third-order valence-corrected chi connectivity index (χ3v) is 2.11. The Morgan fingerprint density at radius 3 is 2.50 bits per heavy atom. The number of ketones is 1. The molecule has 0 aromatic heterocycles. The van der Waals surface area contributed by atoms with Gasteiger partial charge in [-0.15, -0.1) is 0 Å². The Morgan fingerprint density at radius 2 is 1.94 bits per heavy atom. The number of hydrogen-bond acceptors (Lipinski definition) is 4. The Kier molecular flexibility index (Phi) is 4.66. The van der Waals surface area contributed by atoms with Crippen LogP contribution in [0.25, 0.3) is 0 Å². The van der Waals surface area contributed by atoms with Crippen molar-refractivity contribution in [2.45, 2.75) is 19.4 Å². The number of esters is 1. The van der Waals surface area contributed by atoms with Gasteiger partial charge in [0.1, 0.15) is 0 Å². The van der Waals surface area contributed by atoms with E-state index in [0.29, 0.717) is 0 Å². The highest BCUT2D eigenvalue weighted by molar-refractivity contribution is 6.03. The molecule has 16 heavy (non-hydrogen) atoms. The van der Waals surface area contributed by atoms with Gasteiger partial charge >= 0.3 is 5.97 Å². The minimum absolute atomic E-state index is 0.154. The predicted molar refractivity (Wildman–Crippen MR) is 59.8 cm³/mol. The van der Waals surface area contributed by atoms with E-state index in [1.165, 1.54) is 0 Å². The molecule has 0 amide bonds. The molecular weight excluding hydrogens is 206 g/mol. The van der Waals surface area contributed by atoms with Gasteiger partial charge in [-0.3, -0.25) is 4.79 Å². The van der Waals surface area contributed by atoms with Gasteiger partial charge in [-0.25, -0.2) is 4.79 Å². The lowest BCUT2D eigenvalue weighted by molar-refractivity contribution is -0.147. The highest BCUT2D eigenvalue weighted by atomic mass is 16.5. The molecule has 0 spiro atoms. The summed E-state index contributed by atoms with van der Waals surface area (Å²) in [6, 6.07) is 7.97. The van der Waals surface area contributed by atoms with Crippen LogP contribution in [0.1, 0.15) is 12.5 Å². The Morgan fingerprint density at radius 1 is 1.31 bits per heavy atom. The Hall–Kier alpha value is -1.68. The van der Waals surface area contributed by atoms with Crippen molar-refractivity contribution >= 4 is 11.8 Å². The molecule has 0 saturated heterocycles. The number of carbonyl (C=O) groups excluding carboxylic acids is 2. The lowest BCUT2D eigenvalue weighted by Gasteiger charge is -2.09. The molecule has 86 valence electrons. The number of hydrogen-bond donors (Lipinski definition) is 1. The zero-order valence-electron chi connectivity index (χ0n) is 9.18. The fourth-order valence-corrected chi connectivity index (χ4v) is 1.27. The van der Waals surface area contributed by atoms with Crippen LogP contribution in [0.3, 0.4) is 0 Å². The van der Waals surface area contributed by atoms with Crippen molar-refractivity contribution < 1.29 is 14.3 Å². The highest BCUT2D eigenvalue weighted by Gasteiger charge is 2.22. The minimum Gasteiger partial charge on any atom is -0.464 e. The average Bonchev–Trinajstić information content (AvgIpc) is 2.29. The van der Waals surface area contributed by atoms with Crippen LogP contribution < -0.4 is 5.73 Å². The molecule has 1 rings (SSSR count). The molecule has 4 heteroatoms. The monoisotopic (exact) mass is 221 g/mol. The van der Waals surface area contributed by atoms with Gasteiger partial charge in [-0.2, -0.15) is 0 Å². The van der Waals surface area contributed by atoms with Crippen molar-refractivity contribution in [1.82, 2.24) is 0 Å². The topological polar surface area (TPSA) is 69.4 Å². The van der Waals surface area contributed by atoms with E-state index in [9.17, 15) is 9.59 Å². The number of nitrogens with two attached hydrogens (primary N) is 1. The fourth-order valence-electron chi connectivity index (χ4n) is 1.27. The third kappa shape index (κ3) is 3.47. The van der Waals surface area contributed by atoms with E-state index >= 15 is 0 Å². The SMILES string of the molecule is CCOC(=O)[C@@H](N)C(=O)Cc1ccccc1. The average molecular weight is 221 g/mol. The summed E-state index contributed by atoms with van der Waals surface area (Å²) in [5.74, 6) is -0.993. The lowest BCUT2D eigenvalue weighted by Crippen LogP contribution is -2.40. The van der Waals surface area contributed by atoms with Crippen LogP contribution in [-0.4, -0.2) is 24.4 Å². The quantitative estimate of drug-likeness (QED) is 0.586. The number of benzene rings is 1. The van der Waals surface area contributed by atoms with E-state index in [2.05, 4.69) is 4.74 Å². The van der Waals surface area contributed by atoms with Crippen LogP contribution in [0.2, 0.25) is 0 Å². The van der Waals surface area contributed by atoms with Crippen LogP contribution in [0, 0.1) is 0 Å². The summed E-state index contributed by atoms with van der Waals surface area (Å²) in [6.07, 6.45) is 0.154. The molecule has 0 fully saturated rings. The fraction of sp³-hybridized carbons (Fsp3) is 0.333. The molecule has 1 aromatic rings. The summed E-state index contributed by atoms with van der Waals surface area (Å²) in [5.41, 5.74) is 6.31. The van der Waals surface area contributed by atoms with Crippen molar-refractivity contribution in [2.24, 2.45) is 5.73 Å². The molecule has 0 saturated carbocycles. The number of Topliss-reactive ketones (excluding diaryl/α,β-unsaturated/α-hetero) is 1. The lowest BCUT2D eigenvalue weighted by atomic mass is 10.0. The smallest absolute Gasteiger partial charge is 0.330 e. The minimum atomic E-state index is -1.18. The molecule has 0 aliphatic rings. The van der Waals surface area contributed by atoms with Crippen LogP contribution in [0.5, 0.6) is 0 Å². The normalized spacial score (nSPS) is 11.9. The standard InChI is InChI=1S/C12H15NO3/c1-2-16-12(15)11(13)10(14)8-9-6-4-3-5-7-9/h3-7,11H,2,8,13H2,1H3/t11-/m0/s1. The molecular formula is C12H15NO3. The summed E-state index contributed by atoms with van der Waals surface area (Å²) in [4.78, 5) is 22.8. The first-order valence-corrected chi connectivity index (χ1v) is 5.14. The molecule has 1 atom stereocenters. The predicted octanol–water partition coefficient (Wildman–Crippen LogP) is 0.689. The van der Waals surface area contributed by atoms with E-state index in [0.717, 1.165) is 5.56 Å². The van der Waals surface area contributed by atoms with Gasteiger partial charge in [0.05, 0.1) is 6.61 Å². The summed E-state index contributed by atoms with van der Waals surface area (Å²) >= 11 is 0. The van der Waals surface area contributed by atoms with E-state index in [1.807, 2.05) is 30.3 Å². The van der Waals surface area contributed by atoms with E-state index in [4.69, 9.17) is 5.73 Å². The molecule has 0 aliphatic heterocycles. The van der Waals surface area contributed by atoms with Crippen LogP contribution >= 0.6 is 0 Å². The highest BCUT2D eigenvalue weighted by Crippen LogP contribution is 2.02. The Bertz CT molecular complexity index is 362. The first-order chi connectivity index (χ1) is 7.65. The number of carbonyl (C=O) groups is 2. The van der Waals surface area contributed by atoms with Gasteiger partial charge in [0.2, 0.25) is 0 Å². The van der Waals surface area contributed by atoms with Gasteiger partial charge in [0.25, 0.3) is 0 Å². The second kappa shape index (κ2) is 6.02. The molecule has 0 radical (unpaired) electrons. The summed E-state index contributed by atoms with van der Waals surface area (Å²) in [6.45, 7) is 1.90. The summed E-state index contributed by atoms with van der Waals surface area (Å²) in [5, 5.41) is 0.